The molecular formula is C14H14N4O2S. The van der Waals surface area contributed by atoms with Crippen LogP contribution in [0.3, 0.4) is 0 Å². The van der Waals surface area contributed by atoms with Crippen LogP contribution in [0.4, 0.5) is 5.69 Å². The topological polar surface area (TPSA) is 87.7 Å². The lowest BCUT2D eigenvalue weighted by Gasteiger charge is -2.07. The van der Waals surface area contributed by atoms with Crippen LogP contribution < -0.4 is 4.72 Å². The number of nitrogens with one attached hydrogen (secondary N) is 2. The molecule has 0 aliphatic carbocycles. The summed E-state index contributed by atoms with van der Waals surface area (Å²) >= 11 is 0. The van der Waals surface area contributed by atoms with Crippen LogP contribution in [0.15, 0.2) is 47.8 Å². The zero-order chi connectivity index (χ0) is 14.9. The molecule has 0 unspecified atom stereocenters. The fourth-order valence-electron chi connectivity index (χ4n) is 2.01. The Morgan fingerprint density at radius 3 is 2.86 bits per heavy atom. The van der Waals surface area contributed by atoms with E-state index in [4.69, 9.17) is 0 Å². The average molecular weight is 302 g/mol. The van der Waals surface area contributed by atoms with Crippen LogP contribution in [0.5, 0.6) is 0 Å². The molecule has 0 aliphatic rings. The molecule has 0 spiro atoms. The fraction of sp³-hybridized carbons (Fsp3) is 0.143. The Bertz CT molecular complexity index is 887. The number of benzene rings is 1. The standard InChI is InChI=1S/C14H14N4O2S/c1-2-13-16-9-14(17-13)21(19,20)18-11-5-6-12-10(8-11)4-3-7-15-12/h3-9,18H,2H2,1H3,(H,16,17). The predicted octanol–water partition coefficient (Wildman–Crippen LogP) is 2.32. The van der Waals surface area contributed by atoms with Gasteiger partial charge in [0.05, 0.1) is 11.7 Å². The molecule has 1 aromatic carbocycles. The smallest absolute Gasteiger partial charge is 0.278 e. The van der Waals surface area contributed by atoms with Crippen molar-refractivity contribution in [2.24, 2.45) is 0 Å². The molecule has 0 amide bonds. The van der Waals surface area contributed by atoms with E-state index >= 15 is 0 Å². The van der Waals surface area contributed by atoms with Crippen LogP contribution in [0, 0.1) is 0 Å². The van der Waals surface area contributed by atoms with Gasteiger partial charge in [0.25, 0.3) is 10.0 Å². The number of anilines is 1. The summed E-state index contributed by atoms with van der Waals surface area (Å²) < 4.78 is 27.1. The summed E-state index contributed by atoms with van der Waals surface area (Å²) in [5.74, 6) is 0.637. The number of nitrogens with zero attached hydrogens (tertiary/aromatic N) is 2. The van der Waals surface area contributed by atoms with Gasteiger partial charge in [-0.1, -0.05) is 13.0 Å². The van der Waals surface area contributed by atoms with Crippen LogP contribution in [-0.4, -0.2) is 23.4 Å². The highest BCUT2D eigenvalue weighted by atomic mass is 32.2. The second-order valence-electron chi connectivity index (χ2n) is 4.56. The SMILES string of the molecule is CCc1ncc(S(=O)(=O)Nc2ccc3ncccc3c2)[nH]1. The van der Waals surface area contributed by atoms with Crippen molar-refractivity contribution in [2.45, 2.75) is 18.4 Å². The first kappa shape index (κ1) is 13.6. The van der Waals surface area contributed by atoms with Gasteiger partial charge in [-0.3, -0.25) is 9.71 Å². The maximum absolute atomic E-state index is 12.3. The first-order chi connectivity index (χ1) is 10.1. The molecule has 0 atom stereocenters. The van der Waals surface area contributed by atoms with E-state index in [1.54, 1.807) is 24.4 Å². The summed E-state index contributed by atoms with van der Waals surface area (Å²) in [7, 11) is -3.66. The Hall–Kier alpha value is -2.41. The maximum Gasteiger partial charge on any atom is 0.278 e. The number of sulfonamides is 1. The first-order valence-electron chi connectivity index (χ1n) is 6.50. The van der Waals surface area contributed by atoms with Crippen molar-refractivity contribution in [3.8, 4) is 0 Å². The van der Waals surface area contributed by atoms with Crippen LogP contribution in [0.1, 0.15) is 12.7 Å². The third kappa shape index (κ3) is 2.73. The number of aromatic nitrogens is 3. The van der Waals surface area contributed by atoms with Gasteiger partial charge in [-0.15, -0.1) is 0 Å². The highest BCUT2D eigenvalue weighted by molar-refractivity contribution is 7.92. The molecular weight excluding hydrogens is 288 g/mol. The molecule has 21 heavy (non-hydrogen) atoms. The number of rotatable bonds is 4. The van der Waals surface area contributed by atoms with E-state index in [0.29, 0.717) is 17.9 Å². The van der Waals surface area contributed by atoms with Gasteiger partial charge >= 0.3 is 0 Å². The van der Waals surface area contributed by atoms with E-state index in [1.807, 2.05) is 19.1 Å². The summed E-state index contributed by atoms with van der Waals surface area (Å²) in [6.07, 6.45) is 3.67. The molecule has 0 aliphatic heterocycles. The lowest BCUT2D eigenvalue weighted by atomic mass is 10.2. The lowest BCUT2D eigenvalue weighted by molar-refractivity contribution is 0.598. The quantitative estimate of drug-likeness (QED) is 0.774. The van der Waals surface area contributed by atoms with Crippen molar-refractivity contribution in [1.29, 1.82) is 0 Å². The van der Waals surface area contributed by atoms with Gasteiger partial charge in [0, 0.05) is 23.7 Å². The van der Waals surface area contributed by atoms with E-state index in [9.17, 15) is 8.42 Å². The molecule has 2 aromatic heterocycles. The molecule has 2 N–H and O–H groups in total. The number of hydrogen-bond donors (Lipinski definition) is 2. The third-order valence-corrected chi connectivity index (χ3v) is 4.38. The van der Waals surface area contributed by atoms with Gasteiger partial charge in [0.15, 0.2) is 5.03 Å². The number of fused-ring (bicyclic) bond motifs is 1. The molecule has 0 saturated carbocycles. The molecule has 3 aromatic rings. The van der Waals surface area contributed by atoms with Gasteiger partial charge in [0.2, 0.25) is 0 Å². The van der Waals surface area contributed by atoms with E-state index in [1.165, 1.54) is 6.20 Å². The second-order valence-corrected chi connectivity index (χ2v) is 6.21. The van der Waals surface area contributed by atoms with Crippen LogP contribution in [-0.2, 0) is 16.4 Å². The Morgan fingerprint density at radius 1 is 1.24 bits per heavy atom. The van der Waals surface area contributed by atoms with Crippen molar-refractivity contribution in [1.82, 2.24) is 15.0 Å². The maximum atomic E-state index is 12.3. The number of aryl methyl sites for hydroxylation is 1. The lowest BCUT2D eigenvalue weighted by Crippen LogP contribution is -2.13. The molecule has 0 saturated heterocycles. The number of hydrogen-bond acceptors (Lipinski definition) is 4. The third-order valence-electron chi connectivity index (χ3n) is 3.08. The number of aromatic amines is 1. The second kappa shape index (κ2) is 5.17. The molecule has 6 nitrogen and oxygen atoms in total. The van der Waals surface area contributed by atoms with Crippen molar-refractivity contribution in [3.05, 3.63) is 48.5 Å². The minimum atomic E-state index is -3.66. The van der Waals surface area contributed by atoms with Crippen molar-refractivity contribution >= 4 is 26.6 Å². The predicted molar refractivity (Wildman–Crippen MR) is 80.5 cm³/mol. The minimum absolute atomic E-state index is 0.0608. The monoisotopic (exact) mass is 302 g/mol. The zero-order valence-corrected chi connectivity index (χ0v) is 12.2. The van der Waals surface area contributed by atoms with Gasteiger partial charge in [-0.2, -0.15) is 8.42 Å². The summed E-state index contributed by atoms with van der Waals surface area (Å²) in [6.45, 7) is 1.90. The van der Waals surface area contributed by atoms with E-state index in [-0.39, 0.29) is 5.03 Å². The minimum Gasteiger partial charge on any atom is -0.332 e. The largest absolute Gasteiger partial charge is 0.332 e. The van der Waals surface area contributed by atoms with E-state index in [2.05, 4.69) is 19.7 Å². The number of H-pyrrole nitrogens is 1. The molecule has 7 heteroatoms. The molecule has 3 rings (SSSR count). The van der Waals surface area contributed by atoms with Gasteiger partial charge in [0.1, 0.15) is 5.82 Å². The molecule has 108 valence electrons. The van der Waals surface area contributed by atoms with Gasteiger partial charge in [-0.05, 0) is 24.3 Å². The Kier molecular flexibility index (Phi) is 3.34. The Morgan fingerprint density at radius 2 is 2.10 bits per heavy atom. The number of pyridine rings is 1. The molecule has 0 radical (unpaired) electrons. The van der Waals surface area contributed by atoms with Crippen molar-refractivity contribution in [3.63, 3.8) is 0 Å². The Balaban J connectivity index is 1.93. The highest BCUT2D eigenvalue weighted by Gasteiger charge is 2.17. The van der Waals surface area contributed by atoms with Crippen LogP contribution in [0.25, 0.3) is 10.9 Å². The van der Waals surface area contributed by atoms with E-state index < -0.39 is 10.0 Å². The summed E-state index contributed by atoms with van der Waals surface area (Å²) in [5, 5.41) is 0.933. The van der Waals surface area contributed by atoms with Crippen LogP contribution in [0.2, 0.25) is 0 Å². The summed E-state index contributed by atoms with van der Waals surface area (Å²) in [5.41, 5.74) is 1.30. The zero-order valence-electron chi connectivity index (χ0n) is 11.4. The molecule has 0 fully saturated rings. The van der Waals surface area contributed by atoms with Crippen LogP contribution >= 0.6 is 0 Å². The summed E-state index contributed by atoms with van der Waals surface area (Å²) in [6, 6.07) is 8.90. The number of imidazole rings is 1. The molecule has 2 heterocycles. The average Bonchev–Trinajstić information content (AvgIpc) is 2.96. The fourth-order valence-corrected chi connectivity index (χ4v) is 3.00. The first-order valence-corrected chi connectivity index (χ1v) is 7.98. The Labute approximate surface area is 122 Å². The summed E-state index contributed by atoms with van der Waals surface area (Å²) in [4.78, 5) is 11.0. The highest BCUT2D eigenvalue weighted by Crippen LogP contribution is 2.20. The van der Waals surface area contributed by atoms with Gasteiger partial charge < -0.3 is 4.98 Å². The van der Waals surface area contributed by atoms with Crippen molar-refractivity contribution < 1.29 is 8.42 Å². The van der Waals surface area contributed by atoms with Gasteiger partial charge in [-0.25, -0.2) is 4.98 Å². The van der Waals surface area contributed by atoms with E-state index in [0.717, 1.165) is 10.9 Å². The normalized spacial score (nSPS) is 11.7. The van der Waals surface area contributed by atoms with Crippen molar-refractivity contribution in [2.75, 3.05) is 4.72 Å². The molecule has 0 bridgehead atoms.